The zero-order chi connectivity index (χ0) is 17.1. The van der Waals surface area contributed by atoms with Gasteiger partial charge in [0.05, 0.1) is 11.7 Å². The SMILES string of the molecule is CCC(C)c1cc(C(=O)N2CCNCC2c2ccccc2Cl)on1.Cl. The lowest BCUT2D eigenvalue weighted by atomic mass is 10.0. The summed E-state index contributed by atoms with van der Waals surface area (Å²) in [6.45, 7) is 6.18. The Hall–Kier alpha value is -1.56. The first-order valence-electron chi connectivity index (χ1n) is 8.34. The predicted molar refractivity (Wildman–Crippen MR) is 101 cm³/mol. The van der Waals surface area contributed by atoms with Crippen molar-refractivity contribution in [1.29, 1.82) is 0 Å². The molecule has 136 valence electrons. The van der Waals surface area contributed by atoms with Gasteiger partial charge in [-0.25, -0.2) is 0 Å². The van der Waals surface area contributed by atoms with E-state index in [0.717, 1.165) is 24.2 Å². The Balaban J connectivity index is 0.00000225. The lowest BCUT2D eigenvalue weighted by molar-refractivity contribution is 0.0592. The largest absolute Gasteiger partial charge is 0.351 e. The molecular weight excluding hydrogens is 361 g/mol. The number of piperazine rings is 1. The normalized spacial score (nSPS) is 18.5. The van der Waals surface area contributed by atoms with E-state index in [4.69, 9.17) is 16.1 Å². The summed E-state index contributed by atoms with van der Waals surface area (Å²) in [4.78, 5) is 14.8. The van der Waals surface area contributed by atoms with Gasteiger partial charge >= 0.3 is 0 Å². The van der Waals surface area contributed by atoms with Crippen LogP contribution < -0.4 is 5.32 Å². The van der Waals surface area contributed by atoms with Crippen LogP contribution in [0.4, 0.5) is 0 Å². The summed E-state index contributed by atoms with van der Waals surface area (Å²) >= 11 is 6.34. The molecule has 2 unspecified atom stereocenters. The molecule has 1 aliphatic rings. The molecule has 1 aliphatic heterocycles. The van der Waals surface area contributed by atoms with Crippen molar-refractivity contribution in [3.8, 4) is 0 Å². The molecule has 2 aromatic rings. The number of halogens is 2. The number of hydrogen-bond donors (Lipinski definition) is 1. The monoisotopic (exact) mass is 383 g/mol. The molecule has 0 radical (unpaired) electrons. The summed E-state index contributed by atoms with van der Waals surface area (Å²) in [5.41, 5.74) is 1.77. The molecule has 1 N–H and O–H groups in total. The zero-order valence-corrected chi connectivity index (χ0v) is 15.9. The number of carbonyl (C=O) groups is 1. The highest BCUT2D eigenvalue weighted by atomic mass is 35.5. The van der Waals surface area contributed by atoms with Crippen LogP contribution in [-0.2, 0) is 0 Å². The fraction of sp³-hybridized carbons (Fsp3) is 0.444. The molecule has 0 aliphatic carbocycles. The summed E-state index contributed by atoms with van der Waals surface area (Å²) in [5, 5.41) is 8.05. The van der Waals surface area contributed by atoms with Crippen molar-refractivity contribution >= 4 is 29.9 Å². The molecule has 2 atom stereocenters. The first-order chi connectivity index (χ1) is 11.6. The Kier molecular flexibility index (Phi) is 6.87. The summed E-state index contributed by atoms with van der Waals surface area (Å²) in [5.74, 6) is 0.436. The fourth-order valence-electron chi connectivity index (χ4n) is 2.94. The second-order valence-electron chi connectivity index (χ2n) is 6.17. The van der Waals surface area contributed by atoms with Gasteiger partial charge in [0, 0.05) is 36.6 Å². The molecule has 3 rings (SSSR count). The Morgan fingerprint density at radius 3 is 2.96 bits per heavy atom. The Labute approximate surface area is 159 Å². The highest BCUT2D eigenvalue weighted by Gasteiger charge is 2.32. The van der Waals surface area contributed by atoms with Gasteiger partial charge in [0.1, 0.15) is 0 Å². The molecule has 0 spiro atoms. The molecule has 1 saturated heterocycles. The molecular formula is C18H23Cl2N3O2. The molecule has 1 aromatic carbocycles. The minimum absolute atomic E-state index is 0. The molecule has 5 nitrogen and oxygen atoms in total. The van der Waals surface area contributed by atoms with Crippen LogP contribution in [0.2, 0.25) is 5.02 Å². The van der Waals surface area contributed by atoms with E-state index in [-0.39, 0.29) is 30.3 Å². The van der Waals surface area contributed by atoms with Crippen molar-refractivity contribution in [1.82, 2.24) is 15.4 Å². The van der Waals surface area contributed by atoms with Crippen LogP contribution in [0, 0.1) is 0 Å². The van der Waals surface area contributed by atoms with Crippen molar-refractivity contribution < 1.29 is 9.32 Å². The smallest absolute Gasteiger partial charge is 0.293 e. The summed E-state index contributed by atoms with van der Waals surface area (Å²) in [6.07, 6.45) is 0.954. The average molecular weight is 384 g/mol. The number of nitrogens with one attached hydrogen (secondary N) is 1. The third-order valence-electron chi connectivity index (χ3n) is 4.62. The van der Waals surface area contributed by atoms with Crippen molar-refractivity contribution in [2.75, 3.05) is 19.6 Å². The van der Waals surface area contributed by atoms with Crippen molar-refractivity contribution in [2.45, 2.75) is 32.2 Å². The highest BCUT2D eigenvalue weighted by Crippen LogP contribution is 2.30. The lowest BCUT2D eigenvalue weighted by Crippen LogP contribution is -2.48. The number of rotatable bonds is 4. The van der Waals surface area contributed by atoms with E-state index < -0.39 is 0 Å². The van der Waals surface area contributed by atoms with Gasteiger partial charge in [0.2, 0.25) is 5.76 Å². The van der Waals surface area contributed by atoms with Gasteiger partial charge in [0.25, 0.3) is 5.91 Å². The summed E-state index contributed by atoms with van der Waals surface area (Å²) < 4.78 is 5.32. The van der Waals surface area contributed by atoms with E-state index in [9.17, 15) is 4.79 Å². The summed E-state index contributed by atoms with van der Waals surface area (Å²) in [7, 11) is 0. The van der Waals surface area contributed by atoms with Crippen LogP contribution in [0.5, 0.6) is 0 Å². The molecule has 1 aromatic heterocycles. The fourth-order valence-corrected chi connectivity index (χ4v) is 3.20. The van der Waals surface area contributed by atoms with E-state index >= 15 is 0 Å². The minimum Gasteiger partial charge on any atom is -0.351 e. The first kappa shape index (κ1) is 19.8. The molecule has 1 amide bonds. The van der Waals surface area contributed by atoms with E-state index in [1.54, 1.807) is 6.07 Å². The molecule has 0 saturated carbocycles. The maximum atomic E-state index is 12.9. The number of nitrogens with zero attached hydrogens (tertiary/aromatic N) is 2. The second kappa shape index (κ2) is 8.70. The number of aromatic nitrogens is 1. The quantitative estimate of drug-likeness (QED) is 0.864. The number of carbonyl (C=O) groups excluding carboxylic acids is 1. The van der Waals surface area contributed by atoms with Gasteiger partial charge in [0.15, 0.2) is 0 Å². The first-order valence-corrected chi connectivity index (χ1v) is 8.72. The van der Waals surface area contributed by atoms with E-state index in [2.05, 4.69) is 24.3 Å². The molecule has 2 heterocycles. The molecule has 1 fully saturated rings. The summed E-state index contributed by atoms with van der Waals surface area (Å²) in [6, 6.07) is 9.30. The number of benzene rings is 1. The van der Waals surface area contributed by atoms with Gasteiger partial charge in [-0.3, -0.25) is 4.79 Å². The van der Waals surface area contributed by atoms with Crippen LogP contribution >= 0.6 is 24.0 Å². The maximum absolute atomic E-state index is 12.9. The van der Waals surface area contributed by atoms with Gasteiger partial charge in [-0.1, -0.05) is 48.8 Å². The van der Waals surface area contributed by atoms with Crippen LogP contribution in [0.25, 0.3) is 0 Å². The van der Waals surface area contributed by atoms with Crippen LogP contribution in [-0.4, -0.2) is 35.6 Å². The molecule has 7 heteroatoms. The predicted octanol–water partition coefficient (Wildman–Crippen LogP) is 4.05. The Bertz CT molecular complexity index is 720. The number of hydrogen-bond acceptors (Lipinski definition) is 4. The maximum Gasteiger partial charge on any atom is 0.293 e. The standard InChI is InChI=1S/C18H22ClN3O2.ClH/c1-3-12(2)15-10-17(24-21-15)18(23)22-9-8-20-11-16(22)13-6-4-5-7-14(13)19;/h4-7,10,12,16,20H,3,8-9,11H2,1-2H3;1H. The van der Waals surface area contributed by atoms with Crippen molar-refractivity contribution in [3.05, 3.63) is 52.4 Å². The van der Waals surface area contributed by atoms with Crippen LogP contribution in [0.15, 0.2) is 34.9 Å². The third-order valence-corrected chi connectivity index (χ3v) is 4.97. The molecule has 25 heavy (non-hydrogen) atoms. The van der Waals surface area contributed by atoms with E-state index in [0.29, 0.717) is 23.9 Å². The van der Waals surface area contributed by atoms with Gasteiger partial charge < -0.3 is 14.7 Å². The van der Waals surface area contributed by atoms with Gasteiger partial charge in [-0.05, 0) is 18.1 Å². The van der Waals surface area contributed by atoms with Gasteiger partial charge in [-0.2, -0.15) is 0 Å². The number of amides is 1. The van der Waals surface area contributed by atoms with E-state index in [1.807, 2.05) is 29.2 Å². The Morgan fingerprint density at radius 2 is 2.24 bits per heavy atom. The van der Waals surface area contributed by atoms with E-state index in [1.165, 1.54) is 0 Å². The Morgan fingerprint density at radius 1 is 1.48 bits per heavy atom. The second-order valence-corrected chi connectivity index (χ2v) is 6.57. The zero-order valence-electron chi connectivity index (χ0n) is 14.4. The molecule has 0 bridgehead atoms. The van der Waals surface area contributed by atoms with Crippen LogP contribution in [0.3, 0.4) is 0 Å². The topological polar surface area (TPSA) is 58.4 Å². The van der Waals surface area contributed by atoms with Crippen molar-refractivity contribution in [2.24, 2.45) is 0 Å². The van der Waals surface area contributed by atoms with Crippen LogP contribution in [0.1, 0.15) is 54.0 Å². The average Bonchev–Trinajstić information content (AvgIpc) is 3.11. The lowest BCUT2D eigenvalue weighted by Gasteiger charge is -2.36. The van der Waals surface area contributed by atoms with Gasteiger partial charge in [-0.15, -0.1) is 12.4 Å². The van der Waals surface area contributed by atoms with Crippen molar-refractivity contribution in [3.63, 3.8) is 0 Å². The minimum atomic E-state index is -0.136. The highest BCUT2D eigenvalue weighted by molar-refractivity contribution is 6.31. The third kappa shape index (κ3) is 4.17.